The second-order valence-corrected chi connectivity index (χ2v) is 5.00. The molecule has 0 saturated carbocycles. The van der Waals surface area contributed by atoms with E-state index in [1.807, 2.05) is 0 Å². The predicted molar refractivity (Wildman–Crippen MR) is 65.8 cm³/mol. The van der Waals surface area contributed by atoms with Crippen LogP contribution in [0.15, 0.2) is 0 Å². The molecule has 1 aliphatic carbocycles. The molecule has 0 aromatic carbocycles. The average Bonchev–Trinajstić information content (AvgIpc) is 2.79. The van der Waals surface area contributed by atoms with Gasteiger partial charge in [-0.1, -0.05) is 0 Å². The van der Waals surface area contributed by atoms with E-state index in [1.54, 1.807) is 0 Å². The Morgan fingerprint density at radius 2 is 2.12 bits per heavy atom. The molecule has 0 bridgehead atoms. The number of nitrogens with zero attached hydrogens (tertiary/aromatic N) is 2. The first-order chi connectivity index (χ1) is 8.33. The number of anilines is 1. The van der Waals surface area contributed by atoms with Crippen LogP contribution in [0.5, 0.6) is 0 Å². The van der Waals surface area contributed by atoms with Crippen LogP contribution in [0.3, 0.4) is 0 Å². The number of hydrogen-bond acceptors (Lipinski definition) is 4. The third kappa shape index (κ3) is 2.27. The molecule has 1 aromatic heterocycles. The van der Waals surface area contributed by atoms with Crippen LogP contribution in [0.2, 0.25) is 0 Å². The summed E-state index contributed by atoms with van der Waals surface area (Å²) in [7, 11) is 0. The van der Waals surface area contributed by atoms with Crippen LogP contribution < -0.4 is 5.73 Å². The van der Waals surface area contributed by atoms with Gasteiger partial charge in [0.05, 0.1) is 6.10 Å². The molecular weight excluding hydrogens is 214 g/mol. The molecule has 0 radical (unpaired) electrons. The molecule has 1 saturated heterocycles. The van der Waals surface area contributed by atoms with Gasteiger partial charge in [0, 0.05) is 24.3 Å². The first-order valence-electron chi connectivity index (χ1n) is 6.58. The lowest BCUT2D eigenvalue weighted by atomic mass is 10.1. The number of nitrogen functional groups attached to an aromatic ring is 1. The molecule has 4 heteroatoms. The highest BCUT2D eigenvalue weighted by Gasteiger charge is 2.20. The molecular formula is C13H19N3O. The number of nitrogens with two attached hydrogens (primary N) is 1. The van der Waals surface area contributed by atoms with Gasteiger partial charge in [0.2, 0.25) is 0 Å². The molecule has 17 heavy (non-hydrogen) atoms. The van der Waals surface area contributed by atoms with Crippen molar-refractivity contribution in [1.82, 2.24) is 9.97 Å². The molecule has 2 aliphatic rings. The number of aryl methyl sites for hydroxylation is 1. The Kier molecular flexibility index (Phi) is 2.97. The molecule has 1 unspecified atom stereocenters. The zero-order chi connectivity index (χ0) is 11.7. The van der Waals surface area contributed by atoms with Gasteiger partial charge in [0.15, 0.2) is 0 Å². The Bertz CT molecular complexity index is 413. The van der Waals surface area contributed by atoms with Crippen LogP contribution in [-0.2, 0) is 24.0 Å². The minimum absolute atomic E-state index is 0.294. The van der Waals surface area contributed by atoms with Gasteiger partial charge in [-0.3, -0.25) is 0 Å². The van der Waals surface area contributed by atoms with Gasteiger partial charge in [0.25, 0.3) is 0 Å². The topological polar surface area (TPSA) is 61.0 Å². The predicted octanol–water partition coefficient (Wildman–Crippen LogP) is 1.66. The van der Waals surface area contributed by atoms with E-state index in [2.05, 4.69) is 9.97 Å². The summed E-state index contributed by atoms with van der Waals surface area (Å²) in [4.78, 5) is 9.06. The lowest BCUT2D eigenvalue weighted by Crippen LogP contribution is -2.23. The van der Waals surface area contributed by atoms with Crippen molar-refractivity contribution in [3.63, 3.8) is 0 Å². The highest BCUT2D eigenvalue weighted by atomic mass is 16.5. The van der Waals surface area contributed by atoms with E-state index in [9.17, 15) is 0 Å². The third-order valence-electron chi connectivity index (χ3n) is 3.70. The van der Waals surface area contributed by atoms with Crippen molar-refractivity contribution in [2.75, 3.05) is 12.3 Å². The number of ether oxygens (including phenoxy) is 1. The molecule has 2 N–H and O–H groups in total. The van der Waals surface area contributed by atoms with Gasteiger partial charge < -0.3 is 10.5 Å². The monoisotopic (exact) mass is 233 g/mol. The number of hydrogen-bond donors (Lipinski definition) is 1. The summed E-state index contributed by atoms with van der Waals surface area (Å²) < 4.78 is 5.72. The van der Waals surface area contributed by atoms with Crippen LogP contribution in [0.1, 0.15) is 42.8 Å². The maximum atomic E-state index is 5.99. The van der Waals surface area contributed by atoms with E-state index in [0.717, 1.165) is 44.5 Å². The molecule has 1 fully saturated rings. The molecule has 1 aromatic rings. The molecule has 0 amide bonds. The van der Waals surface area contributed by atoms with Gasteiger partial charge in [-0.2, -0.15) is 0 Å². The fourth-order valence-corrected chi connectivity index (χ4v) is 2.78. The fraction of sp³-hybridized carbons (Fsp3) is 0.692. The van der Waals surface area contributed by atoms with E-state index >= 15 is 0 Å². The highest BCUT2D eigenvalue weighted by molar-refractivity contribution is 5.44. The summed E-state index contributed by atoms with van der Waals surface area (Å²) >= 11 is 0. The summed E-state index contributed by atoms with van der Waals surface area (Å²) in [6, 6.07) is 0. The highest BCUT2D eigenvalue weighted by Crippen LogP contribution is 2.25. The maximum absolute atomic E-state index is 5.99. The average molecular weight is 233 g/mol. The van der Waals surface area contributed by atoms with Crippen molar-refractivity contribution >= 4 is 5.82 Å². The number of aromatic nitrogens is 2. The third-order valence-corrected chi connectivity index (χ3v) is 3.70. The van der Waals surface area contributed by atoms with Crippen molar-refractivity contribution in [3.05, 3.63) is 17.1 Å². The first-order valence-corrected chi connectivity index (χ1v) is 6.58. The minimum atomic E-state index is 0.294. The van der Waals surface area contributed by atoms with E-state index < -0.39 is 0 Å². The normalized spacial score (nSPS) is 23.6. The van der Waals surface area contributed by atoms with Crippen LogP contribution in [0, 0.1) is 0 Å². The second-order valence-electron chi connectivity index (χ2n) is 5.00. The first kappa shape index (κ1) is 11.0. The lowest BCUT2D eigenvalue weighted by molar-refractivity contribution is 0.0156. The van der Waals surface area contributed by atoms with E-state index in [1.165, 1.54) is 24.1 Å². The lowest BCUT2D eigenvalue weighted by Gasteiger charge is -2.22. The Labute approximate surface area is 102 Å². The zero-order valence-electron chi connectivity index (χ0n) is 10.1. The zero-order valence-corrected chi connectivity index (χ0v) is 10.1. The smallest absolute Gasteiger partial charge is 0.133 e. The van der Waals surface area contributed by atoms with Gasteiger partial charge >= 0.3 is 0 Å². The fourth-order valence-electron chi connectivity index (χ4n) is 2.78. The van der Waals surface area contributed by atoms with Crippen molar-refractivity contribution in [3.8, 4) is 0 Å². The Balaban J connectivity index is 1.76. The summed E-state index contributed by atoms with van der Waals surface area (Å²) in [6.07, 6.45) is 7.94. The van der Waals surface area contributed by atoms with Gasteiger partial charge in [-0.25, -0.2) is 9.97 Å². The van der Waals surface area contributed by atoms with Crippen molar-refractivity contribution < 1.29 is 4.74 Å². The summed E-state index contributed by atoms with van der Waals surface area (Å²) in [6.45, 7) is 0.880. The minimum Gasteiger partial charge on any atom is -0.383 e. The molecule has 1 atom stereocenters. The van der Waals surface area contributed by atoms with E-state index in [-0.39, 0.29) is 0 Å². The molecule has 0 spiro atoms. The molecule has 3 rings (SSSR count). The Hall–Kier alpha value is -1.16. The van der Waals surface area contributed by atoms with Crippen molar-refractivity contribution in [2.45, 2.75) is 51.0 Å². The molecule has 92 valence electrons. The summed E-state index contributed by atoms with van der Waals surface area (Å²) in [5, 5.41) is 0. The van der Waals surface area contributed by atoms with Gasteiger partial charge in [0.1, 0.15) is 11.6 Å². The van der Waals surface area contributed by atoms with Crippen LogP contribution in [0.4, 0.5) is 5.82 Å². The molecule has 1 aliphatic heterocycles. The van der Waals surface area contributed by atoms with Crippen molar-refractivity contribution in [2.24, 2.45) is 0 Å². The van der Waals surface area contributed by atoms with Gasteiger partial charge in [-0.15, -0.1) is 0 Å². The maximum Gasteiger partial charge on any atom is 0.133 e. The standard InChI is InChI=1S/C13H19N3O/c14-13-10-5-3-6-11(10)15-12(16-13)8-9-4-1-2-7-17-9/h9H,1-8H2,(H2,14,15,16). The van der Waals surface area contributed by atoms with Crippen LogP contribution in [-0.4, -0.2) is 22.7 Å². The largest absolute Gasteiger partial charge is 0.383 e. The SMILES string of the molecule is Nc1nc(CC2CCCCO2)nc2c1CCC2. The summed E-state index contributed by atoms with van der Waals surface area (Å²) in [5.41, 5.74) is 8.33. The molecule has 2 heterocycles. The van der Waals surface area contributed by atoms with Crippen LogP contribution in [0.25, 0.3) is 0 Å². The molecule has 4 nitrogen and oxygen atoms in total. The Morgan fingerprint density at radius 3 is 2.94 bits per heavy atom. The van der Waals surface area contributed by atoms with Gasteiger partial charge in [-0.05, 0) is 38.5 Å². The summed E-state index contributed by atoms with van der Waals surface area (Å²) in [5.74, 6) is 1.56. The Morgan fingerprint density at radius 1 is 1.18 bits per heavy atom. The second kappa shape index (κ2) is 4.61. The van der Waals surface area contributed by atoms with Crippen LogP contribution >= 0.6 is 0 Å². The number of rotatable bonds is 2. The van der Waals surface area contributed by atoms with Crippen molar-refractivity contribution in [1.29, 1.82) is 0 Å². The van der Waals surface area contributed by atoms with E-state index in [4.69, 9.17) is 10.5 Å². The quantitative estimate of drug-likeness (QED) is 0.844. The number of fused-ring (bicyclic) bond motifs is 1. The van der Waals surface area contributed by atoms with E-state index in [0.29, 0.717) is 11.9 Å².